The first kappa shape index (κ1) is 17.7. The molecule has 0 radical (unpaired) electrons. The summed E-state index contributed by atoms with van der Waals surface area (Å²) in [6.45, 7) is 9.49. The Bertz CT molecular complexity index is 448. The number of anilines is 1. The van der Waals surface area contributed by atoms with Crippen molar-refractivity contribution in [2.24, 2.45) is 0 Å². The fourth-order valence-electron chi connectivity index (χ4n) is 2.42. The van der Waals surface area contributed by atoms with Gasteiger partial charge in [0.05, 0.1) is 12.6 Å². The van der Waals surface area contributed by atoms with Crippen molar-refractivity contribution >= 4 is 11.6 Å². The van der Waals surface area contributed by atoms with E-state index in [9.17, 15) is 4.79 Å². The van der Waals surface area contributed by atoms with Crippen LogP contribution in [0.25, 0.3) is 0 Å². The van der Waals surface area contributed by atoms with E-state index < -0.39 is 0 Å². The van der Waals surface area contributed by atoms with Gasteiger partial charge in [-0.1, -0.05) is 39.0 Å². The Balaban J connectivity index is 2.83. The standard InChI is InChI=1S/C17H28N2O2/c1-5-13(3)15-9-7-8-10-16(15)18-17(21)14(4)19(6-2)11-12-20/h7-10,13-14,20H,5-6,11-12H2,1-4H3,(H,18,21). The van der Waals surface area contributed by atoms with Crippen LogP contribution in [0.3, 0.4) is 0 Å². The molecule has 4 nitrogen and oxygen atoms in total. The molecule has 0 saturated heterocycles. The van der Waals surface area contributed by atoms with Gasteiger partial charge in [-0.25, -0.2) is 0 Å². The molecule has 2 N–H and O–H groups in total. The second kappa shape index (κ2) is 8.80. The molecule has 4 heteroatoms. The zero-order valence-electron chi connectivity index (χ0n) is 13.6. The van der Waals surface area contributed by atoms with E-state index in [0.717, 1.165) is 18.7 Å². The number of nitrogens with zero attached hydrogens (tertiary/aromatic N) is 1. The minimum absolute atomic E-state index is 0.0268. The van der Waals surface area contributed by atoms with E-state index in [0.29, 0.717) is 12.5 Å². The molecule has 2 atom stereocenters. The highest BCUT2D eigenvalue weighted by atomic mass is 16.3. The van der Waals surface area contributed by atoms with Crippen LogP contribution in [0.1, 0.15) is 45.6 Å². The molecule has 0 aliphatic heterocycles. The Hall–Kier alpha value is -1.39. The first-order valence-corrected chi connectivity index (χ1v) is 7.79. The van der Waals surface area contributed by atoms with Crippen molar-refractivity contribution in [3.8, 4) is 0 Å². The van der Waals surface area contributed by atoms with Gasteiger partial charge in [0.25, 0.3) is 0 Å². The third-order valence-electron chi connectivity index (χ3n) is 4.08. The Morgan fingerprint density at radius 2 is 1.95 bits per heavy atom. The number of likely N-dealkylation sites (N-methyl/N-ethyl adjacent to an activating group) is 1. The van der Waals surface area contributed by atoms with Crippen LogP contribution in [0.15, 0.2) is 24.3 Å². The number of benzene rings is 1. The van der Waals surface area contributed by atoms with E-state index in [2.05, 4.69) is 25.2 Å². The molecule has 1 amide bonds. The number of hydrogen-bond acceptors (Lipinski definition) is 3. The number of nitrogens with one attached hydrogen (secondary N) is 1. The van der Waals surface area contributed by atoms with E-state index in [1.165, 1.54) is 5.56 Å². The number of aliphatic hydroxyl groups excluding tert-OH is 1. The van der Waals surface area contributed by atoms with E-state index in [4.69, 9.17) is 5.11 Å². The summed E-state index contributed by atoms with van der Waals surface area (Å²) in [4.78, 5) is 14.4. The van der Waals surface area contributed by atoms with Crippen molar-refractivity contribution in [2.75, 3.05) is 25.0 Å². The highest BCUT2D eigenvalue weighted by Crippen LogP contribution is 2.26. The first-order chi connectivity index (χ1) is 10.0. The van der Waals surface area contributed by atoms with Crippen LogP contribution < -0.4 is 5.32 Å². The summed E-state index contributed by atoms with van der Waals surface area (Å²) < 4.78 is 0. The lowest BCUT2D eigenvalue weighted by atomic mass is 9.97. The smallest absolute Gasteiger partial charge is 0.241 e. The Labute approximate surface area is 128 Å². The molecule has 0 saturated carbocycles. The van der Waals surface area contributed by atoms with Crippen LogP contribution in [0, 0.1) is 0 Å². The van der Waals surface area contributed by atoms with Gasteiger partial charge in [0.15, 0.2) is 0 Å². The highest BCUT2D eigenvalue weighted by molar-refractivity contribution is 5.95. The maximum atomic E-state index is 12.4. The summed E-state index contributed by atoms with van der Waals surface area (Å²) in [7, 11) is 0. The normalized spacial score (nSPS) is 14.0. The average Bonchev–Trinajstić information content (AvgIpc) is 2.51. The van der Waals surface area contributed by atoms with Gasteiger partial charge in [-0.05, 0) is 37.4 Å². The van der Waals surface area contributed by atoms with Gasteiger partial charge in [0.1, 0.15) is 0 Å². The minimum atomic E-state index is -0.257. The predicted octanol–water partition coefficient (Wildman–Crippen LogP) is 2.84. The minimum Gasteiger partial charge on any atom is -0.395 e. The summed E-state index contributed by atoms with van der Waals surface area (Å²) in [5, 5.41) is 12.1. The van der Waals surface area contributed by atoms with Gasteiger partial charge in [-0.3, -0.25) is 9.69 Å². The summed E-state index contributed by atoms with van der Waals surface area (Å²) in [5.41, 5.74) is 2.06. The van der Waals surface area contributed by atoms with Gasteiger partial charge < -0.3 is 10.4 Å². The van der Waals surface area contributed by atoms with Crippen LogP contribution >= 0.6 is 0 Å². The molecule has 118 valence electrons. The number of aliphatic hydroxyl groups is 1. The third kappa shape index (κ3) is 4.83. The number of carbonyl (C=O) groups excluding carboxylic acids is 1. The number of amides is 1. The fourth-order valence-corrected chi connectivity index (χ4v) is 2.42. The number of carbonyl (C=O) groups is 1. The molecule has 0 aliphatic rings. The maximum absolute atomic E-state index is 12.4. The van der Waals surface area contributed by atoms with Crippen molar-refractivity contribution in [1.82, 2.24) is 4.90 Å². The Kier molecular flexibility index (Phi) is 7.40. The molecule has 1 rings (SSSR count). The summed E-state index contributed by atoms with van der Waals surface area (Å²) in [6, 6.07) is 7.71. The molecule has 21 heavy (non-hydrogen) atoms. The fraction of sp³-hybridized carbons (Fsp3) is 0.588. The van der Waals surface area contributed by atoms with Crippen LogP contribution in [-0.4, -0.2) is 41.7 Å². The largest absolute Gasteiger partial charge is 0.395 e. The average molecular weight is 292 g/mol. The molecule has 1 aromatic carbocycles. The van der Waals surface area contributed by atoms with Crippen molar-refractivity contribution in [2.45, 2.75) is 46.1 Å². The molecule has 0 aromatic heterocycles. The van der Waals surface area contributed by atoms with E-state index in [1.54, 1.807) is 0 Å². The second-order valence-electron chi connectivity index (χ2n) is 5.41. The lowest BCUT2D eigenvalue weighted by Gasteiger charge is -2.26. The molecule has 0 fully saturated rings. The Morgan fingerprint density at radius 1 is 1.29 bits per heavy atom. The van der Waals surface area contributed by atoms with Crippen molar-refractivity contribution < 1.29 is 9.90 Å². The third-order valence-corrected chi connectivity index (χ3v) is 4.08. The molecular formula is C17H28N2O2. The summed E-state index contributed by atoms with van der Waals surface area (Å²) in [5.74, 6) is 0.387. The van der Waals surface area contributed by atoms with Crippen molar-refractivity contribution in [1.29, 1.82) is 0 Å². The first-order valence-electron chi connectivity index (χ1n) is 7.79. The van der Waals surface area contributed by atoms with Gasteiger partial charge in [0, 0.05) is 12.2 Å². The topological polar surface area (TPSA) is 52.6 Å². The van der Waals surface area contributed by atoms with Crippen molar-refractivity contribution in [3.05, 3.63) is 29.8 Å². The molecule has 0 bridgehead atoms. The van der Waals surface area contributed by atoms with Gasteiger partial charge in [-0.15, -0.1) is 0 Å². The van der Waals surface area contributed by atoms with Crippen molar-refractivity contribution in [3.63, 3.8) is 0 Å². The molecule has 0 aliphatic carbocycles. The number of rotatable bonds is 8. The van der Waals surface area contributed by atoms with Gasteiger partial charge in [0.2, 0.25) is 5.91 Å². The van der Waals surface area contributed by atoms with Gasteiger partial charge in [-0.2, -0.15) is 0 Å². The number of hydrogen-bond donors (Lipinski definition) is 2. The number of para-hydroxylation sites is 1. The van der Waals surface area contributed by atoms with Crippen LogP contribution in [0.5, 0.6) is 0 Å². The van der Waals surface area contributed by atoms with Crippen LogP contribution in [-0.2, 0) is 4.79 Å². The Morgan fingerprint density at radius 3 is 2.52 bits per heavy atom. The lowest BCUT2D eigenvalue weighted by molar-refractivity contribution is -0.120. The van der Waals surface area contributed by atoms with E-state index >= 15 is 0 Å². The quantitative estimate of drug-likeness (QED) is 0.774. The molecule has 2 unspecified atom stereocenters. The SMILES string of the molecule is CCC(C)c1ccccc1NC(=O)C(C)N(CC)CCO. The molecule has 0 spiro atoms. The molecule has 0 heterocycles. The monoisotopic (exact) mass is 292 g/mol. The molecular weight excluding hydrogens is 264 g/mol. The predicted molar refractivity (Wildman–Crippen MR) is 87.6 cm³/mol. The van der Waals surface area contributed by atoms with E-state index in [1.807, 2.05) is 36.9 Å². The van der Waals surface area contributed by atoms with Crippen LogP contribution in [0.4, 0.5) is 5.69 Å². The summed E-state index contributed by atoms with van der Waals surface area (Å²) in [6.07, 6.45) is 1.04. The van der Waals surface area contributed by atoms with E-state index in [-0.39, 0.29) is 18.6 Å². The zero-order chi connectivity index (χ0) is 15.8. The lowest BCUT2D eigenvalue weighted by Crippen LogP contribution is -2.43. The maximum Gasteiger partial charge on any atom is 0.241 e. The van der Waals surface area contributed by atoms with Crippen LogP contribution in [0.2, 0.25) is 0 Å². The summed E-state index contributed by atoms with van der Waals surface area (Å²) >= 11 is 0. The highest BCUT2D eigenvalue weighted by Gasteiger charge is 2.20. The second-order valence-corrected chi connectivity index (χ2v) is 5.41. The zero-order valence-corrected chi connectivity index (χ0v) is 13.6. The van der Waals surface area contributed by atoms with Gasteiger partial charge >= 0.3 is 0 Å². The molecule has 1 aromatic rings.